The number of fused-ring (bicyclic) bond motifs is 1. The molecule has 1 aliphatic heterocycles. The van der Waals surface area contributed by atoms with Gasteiger partial charge in [0.25, 0.3) is 0 Å². The molecule has 1 aliphatic rings. The van der Waals surface area contributed by atoms with Crippen LogP contribution in [0.25, 0.3) is 10.9 Å². The summed E-state index contributed by atoms with van der Waals surface area (Å²) in [5.41, 5.74) is 0.938. The van der Waals surface area contributed by atoms with Gasteiger partial charge in [-0.2, -0.15) is 0 Å². The van der Waals surface area contributed by atoms with Gasteiger partial charge in [0, 0.05) is 30.2 Å². The molecule has 4 nitrogen and oxygen atoms in total. The predicted octanol–water partition coefficient (Wildman–Crippen LogP) is 3.89. The standard InChI is InChI=1S/C19H26N2O2/c1-15-7-3-4-10-21(15)11-6-12-23-19-14-17-16(8-5-9-20-17)13-18(19)22-2/h5,8-9,13-15H,3-4,6-7,10-12H2,1-2H3. The highest BCUT2D eigenvalue weighted by Gasteiger charge is 2.17. The topological polar surface area (TPSA) is 34.6 Å². The lowest BCUT2D eigenvalue weighted by Crippen LogP contribution is -2.38. The van der Waals surface area contributed by atoms with Gasteiger partial charge in [0.05, 0.1) is 19.2 Å². The SMILES string of the molecule is COc1cc2cccnc2cc1OCCCN1CCCCC1C. The molecular weight excluding hydrogens is 288 g/mol. The lowest BCUT2D eigenvalue weighted by atomic mass is 10.0. The van der Waals surface area contributed by atoms with Crippen molar-refractivity contribution in [3.8, 4) is 11.5 Å². The fourth-order valence-electron chi connectivity index (χ4n) is 3.29. The summed E-state index contributed by atoms with van der Waals surface area (Å²) in [4.78, 5) is 6.96. The molecule has 0 saturated carbocycles. The number of ether oxygens (including phenoxy) is 2. The largest absolute Gasteiger partial charge is 0.493 e. The Morgan fingerprint density at radius 2 is 2.17 bits per heavy atom. The summed E-state index contributed by atoms with van der Waals surface area (Å²) in [6, 6.07) is 8.64. The molecule has 23 heavy (non-hydrogen) atoms. The van der Waals surface area contributed by atoms with Crippen molar-refractivity contribution in [2.45, 2.75) is 38.6 Å². The summed E-state index contributed by atoms with van der Waals surface area (Å²) < 4.78 is 11.4. The first-order valence-corrected chi connectivity index (χ1v) is 8.57. The Kier molecular flexibility index (Phi) is 5.34. The number of hydrogen-bond donors (Lipinski definition) is 0. The van der Waals surface area contributed by atoms with Gasteiger partial charge in [-0.05, 0) is 44.9 Å². The van der Waals surface area contributed by atoms with E-state index in [1.165, 1.54) is 25.8 Å². The van der Waals surface area contributed by atoms with Gasteiger partial charge in [-0.1, -0.05) is 12.5 Å². The van der Waals surface area contributed by atoms with E-state index >= 15 is 0 Å². The Morgan fingerprint density at radius 3 is 3.00 bits per heavy atom. The Bertz CT molecular complexity index is 644. The van der Waals surface area contributed by atoms with Crippen LogP contribution in [0.4, 0.5) is 0 Å². The molecule has 3 rings (SSSR count). The van der Waals surface area contributed by atoms with Crippen LogP contribution in [0, 0.1) is 0 Å². The van der Waals surface area contributed by atoms with Crippen molar-refractivity contribution in [3.63, 3.8) is 0 Å². The normalized spacial score (nSPS) is 19.0. The molecule has 2 heterocycles. The van der Waals surface area contributed by atoms with E-state index in [1.54, 1.807) is 13.3 Å². The molecule has 0 spiro atoms. The molecular formula is C19H26N2O2. The second-order valence-corrected chi connectivity index (χ2v) is 6.28. The average molecular weight is 314 g/mol. The van der Waals surface area contributed by atoms with Gasteiger partial charge in [-0.15, -0.1) is 0 Å². The molecule has 2 aromatic rings. The van der Waals surface area contributed by atoms with Crippen molar-refractivity contribution in [2.24, 2.45) is 0 Å². The number of likely N-dealkylation sites (tertiary alicyclic amines) is 1. The van der Waals surface area contributed by atoms with Crippen molar-refractivity contribution in [3.05, 3.63) is 30.5 Å². The summed E-state index contributed by atoms with van der Waals surface area (Å²) in [6.07, 6.45) is 6.86. The third-order valence-corrected chi connectivity index (χ3v) is 4.68. The summed E-state index contributed by atoms with van der Waals surface area (Å²) in [5, 5.41) is 1.07. The smallest absolute Gasteiger partial charge is 0.163 e. The first-order valence-electron chi connectivity index (χ1n) is 8.57. The van der Waals surface area contributed by atoms with Gasteiger partial charge >= 0.3 is 0 Å². The van der Waals surface area contributed by atoms with E-state index in [0.717, 1.165) is 35.4 Å². The van der Waals surface area contributed by atoms with Crippen molar-refractivity contribution < 1.29 is 9.47 Å². The summed E-state index contributed by atoms with van der Waals surface area (Å²) in [6.45, 7) is 5.37. The molecule has 124 valence electrons. The van der Waals surface area contributed by atoms with Crippen molar-refractivity contribution in [1.29, 1.82) is 0 Å². The highest BCUT2D eigenvalue weighted by Crippen LogP contribution is 2.31. The second-order valence-electron chi connectivity index (χ2n) is 6.28. The van der Waals surface area contributed by atoms with Crippen LogP contribution in [0.5, 0.6) is 11.5 Å². The molecule has 1 unspecified atom stereocenters. The summed E-state index contributed by atoms with van der Waals surface area (Å²) in [7, 11) is 1.68. The van der Waals surface area contributed by atoms with Crippen molar-refractivity contribution in [1.82, 2.24) is 9.88 Å². The Hall–Kier alpha value is -1.81. The van der Waals surface area contributed by atoms with E-state index in [0.29, 0.717) is 12.6 Å². The quantitative estimate of drug-likeness (QED) is 0.758. The Labute approximate surface area is 138 Å². The maximum atomic E-state index is 5.97. The van der Waals surface area contributed by atoms with Crippen LogP contribution in [-0.4, -0.2) is 42.7 Å². The van der Waals surface area contributed by atoms with Crippen LogP contribution >= 0.6 is 0 Å². The van der Waals surface area contributed by atoms with E-state index < -0.39 is 0 Å². The minimum Gasteiger partial charge on any atom is -0.493 e. The van der Waals surface area contributed by atoms with Crippen molar-refractivity contribution in [2.75, 3.05) is 26.8 Å². The van der Waals surface area contributed by atoms with Gasteiger partial charge in [0.15, 0.2) is 11.5 Å². The number of methoxy groups -OCH3 is 1. The Balaban J connectivity index is 1.58. The molecule has 1 saturated heterocycles. The molecule has 1 atom stereocenters. The first-order chi connectivity index (χ1) is 11.3. The number of aromatic nitrogens is 1. The number of piperidine rings is 1. The van der Waals surface area contributed by atoms with Crippen LogP contribution in [0.2, 0.25) is 0 Å². The Morgan fingerprint density at radius 1 is 1.26 bits per heavy atom. The minimum absolute atomic E-state index is 0.706. The number of nitrogens with zero attached hydrogens (tertiary/aromatic N) is 2. The summed E-state index contributed by atoms with van der Waals surface area (Å²) >= 11 is 0. The summed E-state index contributed by atoms with van der Waals surface area (Å²) in [5.74, 6) is 1.56. The number of pyridine rings is 1. The molecule has 0 amide bonds. The van der Waals surface area contributed by atoms with Gasteiger partial charge in [0.1, 0.15) is 0 Å². The van der Waals surface area contributed by atoms with Gasteiger partial charge < -0.3 is 14.4 Å². The van der Waals surface area contributed by atoms with Gasteiger partial charge in [-0.25, -0.2) is 0 Å². The second kappa shape index (κ2) is 7.64. The molecule has 4 heteroatoms. The maximum Gasteiger partial charge on any atom is 0.163 e. The lowest BCUT2D eigenvalue weighted by molar-refractivity contribution is 0.148. The zero-order valence-electron chi connectivity index (χ0n) is 14.1. The highest BCUT2D eigenvalue weighted by atomic mass is 16.5. The van der Waals surface area contributed by atoms with Crippen LogP contribution in [0.3, 0.4) is 0 Å². The van der Waals surface area contributed by atoms with E-state index in [9.17, 15) is 0 Å². The van der Waals surface area contributed by atoms with Crippen LogP contribution in [0.1, 0.15) is 32.6 Å². The van der Waals surface area contributed by atoms with Crippen molar-refractivity contribution >= 4 is 10.9 Å². The molecule has 1 aromatic carbocycles. The zero-order chi connectivity index (χ0) is 16.1. The fourth-order valence-corrected chi connectivity index (χ4v) is 3.29. The monoisotopic (exact) mass is 314 g/mol. The maximum absolute atomic E-state index is 5.97. The van der Waals surface area contributed by atoms with Gasteiger partial charge in [0.2, 0.25) is 0 Å². The number of benzene rings is 1. The first kappa shape index (κ1) is 16.1. The molecule has 0 N–H and O–H groups in total. The lowest BCUT2D eigenvalue weighted by Gasteiger charge is -2.33. The van der Waals surface area contributed by atoms with E-state index in [-0.39, 0.29) is 0 Å². The molecule has 0 aliphatic carbocycles. The predicted molar refractivity (Wildman–Crippen MR) is 93.3 cm³/mol. The van der Waals surface area contributed by atoms with E-state index in [2.05, 4.69) is 16.8 Å². The molecule has 1 aromatic heterocycles. The third kappa shape index (κ3) is 3.94. The van der Waals surface area contributed by atoms with Crippen LogP contribution in [0.15, 0.2) is 30.5 Å². The average Bonchev–Trinajstić information content (AvgIpc) is 2.59. The van der Waals surface area contributed by atoms with Crippen LogP contribution in [-0.2, 0) is 0 Å². The third-order valence-electron chi connectivity index (χ3n) is 4.68. The van der Waals surface area contributed by atoms with E-state index in [1.807, 2.05) is 24.3 Å². The molecule has 0 bridgehead atoms. The number of hydrogen-bond acceptors (Lipinski definition) is 4. The zero-order valence-corrected chi connectivity index (χ0v) is 14.1. The van der Waals surface area contributed by atoms with Crippen LogP contribution < -0.4 is 9.47 Å². The number of rotatable bonds is 6. The highest BCUT2D eigenvalue weighted by molar-refractivity contribution is 5.82. The van der Waals surface area contributed by atoms with Gasteiger partial charge in [-0.3, -0.25) is 4.98 Å². The molecule has 1 fully saturated rings. The van der Waals surface area contributed by atoms with E-state index in [4.69, 9.17) is 9.47 Å². The minimum atomic E-state index is 0.706. The fraction of sp³-hybridized carbons (Fsp3) is 0.526. The molecule has 0 radical (unpaired) electrons.